The molecule has 0 aromatic carbocycles. The zero-order valence-corrected chi connectivity index (χ0v) is 9.32. The van der Waals surface area contributed by atoms with Gasteiger partial charge >= 0.3 is 0 Å². The molecule has 1 amide bonds. The molecule has 2 rings (SSSR count). The molecule has 1 saturated carbocycles. The van der Waals surface area contributed by atoms with Gasteiger partial charge in [-0.2, -0.15) is 0 Å². The standard InChI is InChI=1S/C11H21N3O/c12-5-1-6-13-7-4-11(15)14(9-8-13)10-2-3-10/h10H,1-9,12H2. The quantitative estimate of drug-likeness (QED) is 0.714. The van der Waals surface area contributed by atoms with Gasteiger partial charge in [-0.3, -0.25) is 4.79 Å². The Morgan fingerprint density at radius 1 is 1.27 bits per heavy atom. The minimum absolute atomic E-state index is 0.354. The summed E-state index contributed by atoms with van der Waals surface area (Å²) in [7, 11) is 0. The molecule has 0 unspecified atom stereocenters. The number of carbonyl (C=O) groups excluding carboxylic acids is 1. The first-order valence-corrected chi connectivity index (χ1v) is 6.03. The fraction of sp³-hybridized carbons (Fsp3) is 0.909. The van der Waals surface area contributed by atoms with E-state index < -0.39 is 0 Å². The van der Waals surface area contributed by atoms with Crippen LogP contribution < -0.4 is 5.73 Å². The Bertz CT molecular complexity index is 228. The lowest BCUT2D eigenvalue weighted by Gasteiger charge is -2.21. The van der Waals surface area contributed by atoms with E-state index in [1.54, 1.807) is 0 Å². The van der Waals surface area contributed by atoms with E-state index in [9.17, 15) is 4.79 Å². The van der Waals surface area contributed by atoms with Gasteiger partial charge in [0, 0.05) is 32.1 Å². The van der Waals surface area contributed by atoms with Gasteiger partial charge in [-0.05, 0) is 32.4 Å². The largest absolute Gasteiger partial charge is 0.338 e. The maximum absolute atomic E-state index is 11.8. The molecule has 4 nitrogen and oxygen atoms in total. The molecule has 1 aliphatic carbocycles. The van der Waals surface area contributed by atoms with Crippen LogP contribution in [0.2, 0.25) is 0 Å². The zero-order chi connectivity index (χ0) is 10.7. The topological polar surface area (TPSA) is 49.6 Å². The third-order valence-corrected chi connectivity index (χ3v) is 3.29. The Kier molecular flexibility index (Phi) is 3.59. The van der Waals surface area contributed by atoms with Crippen molar-refractivity contribution in [2.24, 2.45) is 5.73 Å². The van der Waals surface area contributed by atoms with Crippen molar-refractivity contribution in [3.63, 3.8) is 0 Å². The SMILES string of the molecule is NCCCN1CCC(=O)N(C2CC2)CC1. The van der Waals surface area contributed by atoms with Gasteiger partial charge in [0.15, 0.2) is 0 Å². The van der Waals surface area contributed by atoms with E-state index in [2.05, 4.69) is 9.80 Å². The molecule has 0 radical (unpaired) electrons. The van der Waals surface area contributed by atoms with Gasteiger partial charge in [-0.15, -0.1) is 0 Å². The number of nitrogens with zero attached hydrogens (tertiary/aromatic N) is 2. The zero-order valence-electron chi connectivity index (χ0n) is 9.32. The Morgan fingerprint density at radius 3 is 2.73 bits per heavy atom. The Balaban J connectivity index is 1.81. The van der Waals surface area contributed by atoms with Crippen LogP contribution in [0.15, 0.2) is 0 Å². The van der Waals surface area contributed by atoms with Gasteiger partial charge in [-0.1, -0.05) is 0 Å². The molecule has 86 valence electrons. The van der Waals surface area contributed by atoms with Gasteiger partial charge in [0.1, 0.15) is 0 Å². The van der Waals surface area contributed by atoms with Gasteiger partial charge in [0.05, 0.1) is 0 Å². The summed E-state index contributed by atoms with van der Waals surface area (Å²) in [6.45, 7) is 4.66. The van der Waals surface area contributed by atoms with Crippen molar-refractivity contribution in [3.8, 4) is 0 Å². The molecule has 1 saturated heterocycles. The maximum atomic E-state index is 11.8. The van der Waals surface area contributed by atoms with Crippen LogP contribution in [0.1, 0.15) is 25.7 Å². The maximum Gasteiger partial charge on any atom is 0.224 e. The third-order valence-electron chi connectivity index (χ3n) is 3.29. The van der Waals surface area contributed by atoms with E-state index in [4.69, 9.17) is 5.73 Å². The molecule has 2 N–H and O–H groups in total. The molecule has 1 aliphatic heterocycles. The summed E-state index contributed by atoms with van der Waals surface area (Å²) in [5.41, 5.74) is 5.49. The minimum Gasteiger partial charge on any atom is -0.338 e. The molecule has 15 heavy (non-hydrogen) atoms. The van der Waals surface area contributed by atoms with Crippen LogP contribution in [-0.2, 0) is 4.79 Å². The number of hydrogen-bond donors (Lipinski definition) is 1. The predicted octanol–water partition coefficient (Wildman–Crippen LogP) is 0.0319. The highest BCUT2D eigenvalue weighted by Crippen LogP contribution is 2.28. The molecule has 0 aromatic heterocycles. The average Bonchev–Trinajstić information content (AvgIpc) is 3.03. The summed E-state index contributed by atoms with van der Waals surface area (Å²) >= 11 is 0. The number of rotatable bonds is 4. The molecule has 1 heterocycles. The monoisotopic (exact) mass is 211 g/mol. The number of carbonyl (C=O) groups is 1. The second-order valence-electron chi connectivity index (χ2n) is 4.55. The molecule has 0 atom stereocenters. The lowest BCUT2D eigenvalue weighted by Crippen LogP contribution is -2.35. The van der Waals surface area contributed by atoms with Crippen molar-refractivity contribution >= 4 is 5.91 Å². The van der Waals surface area contributed by atoms with E-state index in [0.717, 1.165) is 39.1 Å². The van der Waals surface area contributed by atoms with Crippen molar-refractivity contribution in [3.05, 3.63) is 0 Å². The van der Waals surface area contributed by atoms with Gasteiger partial charge < -0.3 is 15.5 Å². The average molecular weight is 211 g/mol. The first kappa shape index (κ1) is 10.9. The minimum atomic E-state index is 0.354. The van der Waals surface area contributed by atoms with Crippen molar-refractivity contribution in [2.45, 2.75) is 31.7 Å². The molecule has 2 aliphatic rings. The van der Waals surface area contributed by atoms with Crippen LogP contribution in [-0.4, -0.2) is 54.5 Å². The summed E-state index contributed by atoms with van der Waals surface area (Å²) < 4.78 is 0. The second kappa shape index (κ2) is 4.94. The molecule has 0 bridgehead atoms. The molecule has 4 heteroatoms. The first-order chi connectivity index (χ1) is 7.31. The normalized spacial score (nSPS) is 24.3. The highest BCUT2D eigenvalue weighted by atomic mass is 16.2. The summed E-state index contributed by atoms with van der Waals surface area (Å²) in [6.07, 6.45) is 4.17. The highest BCUT2D eigenvalue weighted by molar-refractivity contribution is 5.77. The summed E-state index contributed by atoms with van der Waals surface area (Å²) in [5, 5.41) is 0. The first-order valence-electron chi connectivity index (χ1n) is 6.03. The van der Waals surface area contributed by atoms with Crippen LogP contribution in [0.5, 0.6) is 0 Å². The number of amides is 1. The Labute approximate surface area is 91.4 Å². The molecule has 0 spiro atoms. The summed E-state index contributed by atoms with van der Waals surface area (Å²) in [4.78, 5) is 16.2. The lowest BCUT2D eigenvalue weighted by atomic mass is 10.3. The Morgan fingerprint density at radius 2 is 2.07 bits per heavy atom. The van der Waals surface area contributed by atoms with Crippen molar-refractivity contribution < 1.29 is 4.79 Å². The fourth-order valence-electron chi connectivity index (χ4n) is 2.19. The van der Waals surface area contributed by atoms with Gasteiger partial charge in [-0.25, -0.2) is 0 Å². The van der Waals surface area contributed by atoms with Gasteiger partial charge in [0.2, 0.25) is 5.91 Å². The smallest absolute Gasteiger partial charge is 0.224 e. The summed E-state index contributed by atoms with van der Waals surface area (Å²) in [6, 6.07) is 0.576. The van der Waals surface area contributed by atoms with E-state index in [1.165, 1.54) is 12.8 Å². The van der Waals surface area contributed by atoms with Crippen molar-refractivity contribution in [1.29, 1.82) is 0 Å². The van der Waals surface area contributed by atoms with Crippen LogP contribution in [0.3, 0.4) is 0 Å². The van der Waals surface area contributed by atoms with Crippen molar-refractivity contribution in [2.75, 3.05) is 32.7 Å². The number of hydrogen-bond acceptors (Lipinski definition) is 3. The lowest BCUT2D eigenvalue weighted by molar-refractivity contribution is -0.130. The van der Waals surface area contributed by atoms with E-state index >= 15 is 0 Å². The highest BCUT2D eigenvalue weighted by Gasteiger charge is 2.33. The molecular formula is C11H21N3O. The van der Waals surface area contributed by atoms with Crippen LogP contribution >= 0.6 is 0 Å². The number of nitrogens with two attached hydrogens (primary N) is 1. The summed E-state index contributed by atoms with van der Waals surface area (Å²) in [5.74, 6) is 0.354. The molecule has 2 fully saturated rings. The van der Waals surface area contributed by atoms with Crippen LogP contribution in [0.4, 0.5) is 0 Å². The Hall–Kier alpha value is -0.610. The van der Waals surface area contributed by atoms with E-state index in [1.807, 2.05) is 0 Å². The third kappa shape index (κ3) is 2.92. The predicted molar refractivity (Wildman–Crippen MR) is 59.5 cm³/mol. The molecular weight excluding hydrogens is 190 g/mol. The second-order valence-corrected chi connectivity index (χ2v) is 4.55. The van der Waals surface area contributed by atoms with Crippen molar-refractivity contribution in [1.82, 2.24) is 9.80 Å². The fourth-order valence-corrected chi connectivity index (χ4v) is 2.19. The van der Waals surface area contributed by atoms with Crippen LogP contribution in [0.25, 0.3) is 0 Å². The van der Waals surface area contributed by atoms with Gasteiger partial charge in [0.25, 0.3) is 0 Å². The van der Waals surface area contributed by atoms with Crippen LogP contribution in [0, 0.1) is 0 Å². The van der Waals surface area contributed by atoms with E-state index in [-0.39, 0.29) is 0 Å². The van der Waals surface area contributed by atoms with E-state index in [0.29, 0.717) is 18.4 Å². The molecule has 0 aromatic rings.